The zero-order valence-corrected chi connectivity index (χ0v) is 14.7. The minimum atomic E-state index is -0.738. The van der Waals surface area contributed by atoms with Crippen LogP contribution in [-0.2, 0) is 4.79 Å². The molecule has 1 saturated heterocycles. The zero-order valence-electron chi connectivity index (χ0n) is 14.7. The van der Waals surface area contributed by atoms with Crippen LogP contribution in [0.4, 0.5) is 11.4 Å². The van der Waals surface area contributed by atoms with Crippen molar-refractivity contribution in [3.63, 3.8) is 0 Å². The van der Waals surface area contributed by atoms with Gasteiger partial charge in [0.1, 0.15) is 11.5 Å². The largest absolute Gasteiger partial charge is 0.481 e. The molecule has 1 aliphatic heterocycles. The highest BCUT2D eigenvalue weighted by atomic mass is 16.5. The van der Waals surface area contributed by atoms with E-state index in [-0.39, 0.29) is 12.5 Å². The topological polar surface area (TPSA) is 53.0 Å². The van der Waals surface area contributed by atoms with Gasteiger partial charge < -0.3 is 19.6 Å². The molecule has 0 radical (unpaired) electrons. The third kappa shape index (κ3) is 4.24. The highest BCUT2D eigenvalue weighted by Gasteiger charge is 2.26. The smallest absolute Gasteiger partial charge is 0.305 e. The van der Waals surface area contributed by atoms with Crippen LogP contribution in [0.15, 0.2) is 48.5 Å². The number of benzene rings is 2. The monoisotopic (exact) mass is 340 g/mol. The van der Waals surface area contributed by atoms with Crippen molar-refractivity contribution < 1.29 is 14.6 Å². The van der Waals surface area contributed by atoms with Crippen LogP contribution in [0.5, 0.6) is 11.5 Å². The maximum absolute atomic E-state index is 11.0. The van der Waals surface area contributed by atoms with Gasteiger partial charge in [-0.15, -0.1) is 0 Å². The number of nitrogens with zero attached hydrogens (tertiary/aromatic N) is 2. The van der Waals surface area contributed by atoms with Crippen molar-refractivity contribution in [2.75, 3.05) is 30.4 Å². The molecule has 1 fully saturated rings. The summed E-state index contributed by atoms with van der Waals surface area (Å²) in [5.41, 5.74) is 2.14. The Balaban J connectivity index is 1.70. The van der Waals surface area contributed by atoms with Gasteiger partial charge in [0.25, 0.3) is 0 Å². The third-order valence-electron chi connectivity index (χ3n) is 4.53. The van der Waals surface area contributed by atoms with E-state index in [0.29, 0.717) is 0 Å². The highest BCUT2D eigenvalue weighted by Crippen LogP contribution is 2.31. The quantitative estimate of drug-likeness (QED) is 0.862. The molecule has 2 aromatic rings. The van der Waals surface area contributed by atoms with Crippen LogP contribution in [0.3, 0.4) is 0 Å². The molecule has 5 nitrogen and oxygen atoms in total. The molecule has 0 aliphatic carbocycles. The Bertz CT molecular complexity index is 728. The lowest BCUT2D eigenvalue weighted by Crippen LogP contribution is -2.31. The number of carbonyl (C=O) groups is 1. The average Bonchev–Trinajstić information content (AvgIpc) is 3.03. The Hall–Kier alpha value is -2.69. The van der Waals surface area contributed by atoms with E-state index in [9.17, 15) is 4.79 Å². The van der Waals surface area contributed by atoms with Gasteiger partial charge in [0, 0.05) is 44.1 Å². The molecular weight excluding hydrogens is 316 g/mol. The number of hydrogen-bond donors (Lipinski definition) is 1. The van der Waals surface area contributed by atoms with E-state index in [4.69, 9.17) is 9.84 Å². The van der Waals surface area contributed by atoms with Crippen LogP contribution in [0.25, 0.3) is 0 Å². The summed E-state index contributed by atoms with van der Waals surface area (Å²) in [4.78, 5) is 15.2. The van der Waals surface area contributed by atoms with Crippen LogP contribution >= 0.6 is 0 Å². The number of aliphatic carboxylic acids is 1. The molecule has 1 unspecified atom stereocenters. The molecular formula is C20H24N2O3. The van der Waals surface area contributed by atoms with Gasteiger partial charge in [-0.25, -0.2) is 0 Å². The van der Waals surface area contributed by atoms with Crippen LogP contribution in [0.1, 0.15) is 19.3 Å². The van der Waals surface area contributed by atoms with Crippen LogP contribution < -0.4 is 14.5 Å². The first-order valence-electron chi connectivity index (χ1n) is 8.56. The number of carboxylic acids is 1. The number of anilines is 2. The van der Waals surface area contributed by atoms with E-state index >= 15 is 0 Å². The van der Waals surface area contributed by atoms with Crippen molar-refractivity contribution in [2.45, 2.75) is 25.3 Å². The fraction of sp³-hybridized carbons (Fsp3) is 0.350. The second-order valence-corrected chi connectivity index (χ2v) is 6.58. The highest BCUT2D eigenvalue weighted by molar-refractivity contribution is 5.69. The molecule has 0 saturated carbocycles. The molecule has 3 rings (SSSR count). The van der Waals surface area contributed by atoms with Gasteiger partial charge in [-0.3, -0.25) is 4.79 Å². The van der Waals surface area contributed by atoms with E-state index in [2.05, 4.69) is 4.90 Å². The van der Waals surface area contributed by atoms with E-state index in [1.807, 2.05) is 67.5 Å². The van der Waals surface area contributed by atoms with Crippen LogP contribution in [0.2, 0.25) is 0 Å². The van der Waals surface area contributed by atoms with E-state index in [1.54, 1.807) is 0 Å². The summed E-state index contributed by atoms with van der Waals surface area (Å²) >= 11 is 0. The van der Waals surface area contributed by atoms with Gasteiger partial charge in [-0.1, -0.05) is 6.07 Å². The number of hydrogen-bond acceptors (Lipinski definition) is 4. The summed E-state index contributed by atoms with van der Waals surface area (Å²) in [6, 6.07) is 15.9. The fourth-order valence-electron chi connectivity index (χ4n) is 3.26. The molecule has 0 aromatic heterocycles. The lowest BCUT2D eigenvalue weighted by molar-refractivity contribution is -0.137. The summed E-state index contributed by atoms with van der Waals surface area (Å²) in [7, 11) is 4.00. The van der Waals surface area contributed by atoms with Gasteiger partial charge >= 0.3 is 5.97 Å². The Morgan fingerprint density at radius 1 is 1.20 bits per heavy atom. The Labute approximate surface area is 148 Å². The molecule has 1 aliphatic rings. The molecule has 0 spiro atoms. The first kappa shape index (κ1) is 17.1. The molecule has 25 heavy (non-hydrogen) atoms. The first-order chi connectivity index (χ1) is 12.0. The molecule has 1 N–H and O–H groups in total. The van der Waals surface area contributed by atoms with E-state index in [1.165, 1.54) is 0 Å². The molecule has 1 heterocycles. The molecule has 132 valence electrons. The predicted octanol–water partition coefficient (Wildman–Crippen LogP) is 3.99. The molecule has 2 aromatic carbocycles. The summed E-state index contributed by atoms with van der Waals surface area (Å²) in [6.07, 6.45) is 2.16. The fourth-order valence-corrected chi connectivity index (χ4v) is 3.26. The SMILES string of the molecule is CN(C)c1cccc(Oc2ccc(N3CCCC3CC(=O)O)cc2)c1. The lowest BCUT2D eigenvalue weighted by Gasteiger charge is -2.25. The summed E-state index contributed by atoms with van der Waals surface area (Å²) in [6.45, 7) is 0.906. The van der Waals surface area contributed by atoms with Crippen molar-refractivity contribution in [1.82, 2.24) is 0 Å². The first-order valence-corrected chi connectivity index (χ1v) is 8.56. The number of rotatable bonds is 6. The maximum atomic E-state index is 11.0. The maximum Gasteiger partial charge on any atom is 0.305 e. The molecule has 1 atom stereocenters. The summed E-state index contributed by atoms with van der Waals surface area (Å²) in [5, 5.41) is 9.06. The Morgan fingerprint density at radius 2 is 1.96 bits per heavy atom. The van der Waals surface area contributed by atoms with Crippen molar-refractivity contribution >= 4 is 17.3 Å². The normalized spacial score (nSPS) is 16.7. The van der Waals surface area contributed by atoms with Crippen molar-refractivity contribution in [1.29, 1.82) is 0 Å². The molecule has 5 heteroatoms. The Kier molecular flexibility index (Phi) is 5.12. The lowest BCUT2D eigenvalue weighted by atomic mass is 10.1. The number of carboxylic acid groups (broad SMARTS) is 1. The van der Waals surface area contributed by atoms with Crippen molar-refractivity contribution in [3.8, 4) is 11.5 Å². The van der Waals surface area contributed by atoms with Crippen molar-refractivity contribution in [2.24, 2.45) is 0 Å². The average molecular weight is 340 g/mol. The molecule has 0 amide bonds. The Morgan fingerprint density at radius 3 is 2.64 bits per heavy atom. The van der Waals surface area contributed by atoms with Gasteiger partial charge in [-0.05, 0) is 49.2 Å². The van der Waals surface area contributed by atoms with Gasteiger partial charge in [0.2, 0.25) is 0 Å². The van der Waals surface area contributed by atoms with E-state index < -0.39 is 5.97 Å². The van der Waals surface area contributed by atoms with Gasteiger partial charge in [0.15, 0.2) is 0 Å². The minimum absolute atomic E-state index is 0.0843. The van der Waals surface area contributed by atoms with Crippen LogP contribution in [0, 0.1) is 0 Å². The third-order valence-corrected chi connectivity index (χ3v) is 4.53. The van der Waals surface area contributed by atoms with Crippen molar-refractivity contribution in [3.05, 3.63) is 48.5 Å². The van der Waals surface area contributed by atoms with E-state index in [0.717, 1.165) is 42.3 Å². The van der Waals surface area contributed by atoms with Gasteiger partial charge in [-0.2, -0.15) is 0 Å². The second kappa shape index (κ2) is 7.47. The van der Waals surface area contributed by atoms with Gasteiger partial charge in [0.05, 0.1) is 6.42 Å². The summed E-state index contributed by atoms with van der Waals surface area (Å²) in [5.74, 6) is 0.829. The number of ether oxygens (including phenoxy) is 1. The second-order valence-electron chi connectivity index (χ2n) is 6.58. The summed E-state index contributed by atoms with van der Waals surface area (Å²) < 4.78 is 5.94. The standard InChI is InChI=1S/C20H24N2O3/c1-21(2)16-5-3-7-19(13-16)25-18-10-8-15(9-11-18)22-12-4-6-17(22)14-20(23)24/h3,5,7-11,13,17H,4,6,12,14H2,1-2H3,(H,23,24). The zero-order chi connectivity index (χ0) is 17.8. The van der Waals surface area contributed by atoms with Crippen LogP contribution in [-0.4, -0.2) is 37.8 Å². The predicted molar refractivity (Wildman–Crippen MR) is 99.9 cm³/mol. The molecule has 0 bridgehead atoms. The minimum Gasteiger partial charge on any atom is -0.481 e.